The van der Waals surface area contributed by atoms with E-state index in [2.05, 4.69) is 9.97 Å². The highest BCUT2D eigenvalue weighted by Crippen LogP contribution is 2.20. The minimum absolute atomic E-state index is 0.0180. The third-order valence-electron chi connectivity index (χ3n) is 4.25. The van der Waals surface area contributed by atoms with Gasteiger partial charge in [-0.3, -0.25) is 9.78 Å². The molecule has 0 radical (unpaired) electrons. The van der Waals surface area contributed by atoms with Crippen molar-refractivity contribution < 1.29 is 19.0 Å². The average molecular weight is 372 g/mol. The fourth-order valence-corrected chi connectivity index (χ4v) is 2.76. The molecule has 144 valence electrons. The van der Waals surface area contributed by atoms with Gasteiger partial charge < -0.3 is 24.0 Å². The smallest absolute Gasteiger partial charge is 0.260 e. The van der Waals surface area contributed by atoms with E-state index in [9.17, 15) is 4.79 Å². The molecule has 0 aliphatic carbocycles. The molecule has 1 aliphatic rings. The number of aromatic nitrogens is 2. The van der Waals surface area contributed by atoms with Crippen LogP contribution in [0.5, 0.6) is 17.4 Å². The molecule has 1 atom stereocenters. The van der Waals surface area contributed by atoms with E-state index in [1.54, 1.807) is 36.5 Å². The van der Waals surface area contributed by atoms with Crippen molar-refractivity contribution >= 4 is 11.7 Å². The number of amides is 1. The van der Waals surface area contributed by atoms with Crippen LogP contribution in [-0.4, -0.2) is 67.8 Å². The van der Waals surface area contributed by atoms with Gasteiger partial charge in [-0.05, 0) is 12.1 Å². The Hall–Kier alpha value is -3.03. The Balaban J connectivity index is 1.50. The summed E-state index contributed by atoms with van der Waals surface area (Å²) >= 11 is 0. The van der Waals surface area contributed by atoms with Crippen LogP contribution in [-0.2, 0) is 4.79 Å². The Morgan fingerprint density at radius 1 is 1.30 bits per heavy atom. The van der Waals surface area contributed by atoms with Crippen LogP contribution in [0.3, 0.4) is 0 Å². The highest BCUT2D eigenvalue weighted by atomic mass is 16.5. The fourth-order valence-electron chi connectivity index (χ4n) is 2.76. The summed E-state index contributed by atoms with van der Waals surface area (Å²) in [6.45, 7) is 1.12. The van der Waals surface area contributed by atoms with Gasteiger partial charge in [0.2, 0.25) is 5.88 Å². The zero-order valence-corrected chi connectivity index (χ0v) is 15.8. The summed E-state index contributed by atoms with van der Waals surface area (Å²) < 4.78 is 16.6. The SMILES string of the molecule is COc1cccc(OCC(=O)N2CCC(Oc3cncc(N(C)C)n3)C2)c1. The van der Waals surface area contributed by atoms with Crippen molar-refractivity contribution in [3.63, 3.8) is 0 Å². The van der Waals surface area contributed by atoms with Crippen LogP contribution >= 0.6 is 0 Å². The summed E-state index contributed by atoms with van der Waals surface area (Å²) in [6, 6.07) is 7.19. The van der Waals surface area contributed by atoms with Crippen LogP contribution < -0.4 is 19.1 Å². The molecule has 1 aromatic heterocycles. The van der Waals surface area contributed by atoms with Crippen molar-refractivity contribution in [3.8, 4) is 17.4 Å². The lowest BCUT2D eigenvalue weighted by molar-refractivity contribution is -0.132. The molecule has 3 rings (SSSR count). The number of methoxy groups -OCH3 is 1. The predicted molar refractivity (Wildman–Crippen MR) is 100 cm³/mol. The molecule has 1 aromatic carbocycles. The van der Waals surface area contributed by atoms with Gasteiger partial charge in [0.15, 0.2) is 12.4 Å². The van der Waals surface area contributed by atoms with Gasteiger partial charge in [-0.2, -0.15) is 4.98 Å². The van der Waals surface area contributed by atoms with Crippen LogP contribution in [0, 0.1) is 0 Å². The Bertz CT molecular complexity index is 784. The quantitative estimate of drug-likeness (QED) is 0.731. The molecule has 0 spiro atoms. The Morgan fingerprint density at radius 3 is 2.89 bits per heavy atom. The number of likely N-dealkylation sites (tertiary alicyclic amines) is 1. The van der Waals surface area contributed by atoms with Gasteiger partial charge in [0.25, 0.3) is 5.91 Å². The normalized spacial score (nSPS) is 16.1. The van der Waals surface area contributed by atoms with Crippen molar-refractivity contribution in [2.24, 2.45) is 0 Å². The lowest BCUT2D eigenvalue weighted by atomic mass is 10.3. The Morgan fingerprint density at radius 2 is 2.11 bits per heavy atom. The lowest BCUT2D eigenvalue weighted by Crippen LogP contribution is -2.34. The van der Waals surface area contributed by atoms with Crippen LogP contribution in [0.4, 0.5) is 5.82 Å². The largest absolute Gasteiger partial charge is 0.497 e. The molecule has 0 saturated carbocycles. The molecular weight excluding hydrogens is 348 g/mol. The number of carbonyl (C=O) groups is 1. The van der Waals surface area contributed by atoms with Crippen molar-refractivity contribution in [3.05, 3.63) is 36.7 Å². The maximum atomic E-state index is 12.4. The molecule has 2 aromatic rings. The highest BCUT2D eigenvalue weighted by Gasteiger charge is 2.28. The van der Waals surface area contributed by atoms with E-state index >= 15 is 0 Å². The van der Waals surface area contributed by atoms with Gasteiger partial charge in [-0.1, -0.05) is 6.07 Å². The summed E-state index contributed by atoms with van der Waals surface area (Å²) in [5.41, 5.74) is 0. The van der Waals surface area contributed by atoms with E-state index in [1.165, 1.54) is 0 Å². The molecular formula is C19H24N4O4. The molecule has 0 bridgehead atoms. The minimum Gasteiger partial charge on any atom is -0.497 e. The first kappa shape index (κ1) is 18.8. The first-order valence-corrected chi connectivity index (χ1v) is 8.76. The fraction of sp³-hybridized carbons (Fsp3) is 0.421. The van der Waals surface area contributed by atoms with Crippen LogP contribution in [0.25, 0.3) is 0 Å². The molecule has 27 heavy (non-hydrogen) atoms. The summed E-state index contributed by atoms with van der Waals surface area (Å²) in [5.74, 6) is 2.41. The maximum absolute atomic E-state index is 12.4. The number of hydrogen-bond acceptors (Lipinski definition) is 7. The summed E-state index contributed by atoms with van der Waals surface area (Å²) in [5, 5.41) is 0. The number of nitrogens with zero attached hydrogens (tertiary/aromatic N) is 4. The second-order valence-corrected chi connectivity index (χ2v) is 6.45. The van der Waals surface area contributed by atoms with Crippen LogP contribution in [0.1, 0.15) is 6.42 Å². The summed E-state index contributed by atoms with van der Waals surface area (Å²) in [7, 11) is 5.38. The van der Waals surface area contributed by atoms with E-state index in [0.29, 0.717) is 30.5 Å². The number of anilines is 1. The maximum Gasteiger partial charge on any atom is 0.260 e. The topological polar surface area (TPSA) is 77.0 Å². The van der Waals surface area contributed by atoms with Gasteiger partial charge in [0.05, 0.1) is 26.0 Å². The minimum atomic E-state index is -0.0996. The zero-order valence-electron chi connectivity index (χ0n) is 15.8. The van der Waals surface area contributed by atoms with Gasteiger partial charge in [0, 0.05) is 33.1 Å². The summed E-state index contributed by atoms with van der Waals surface area (Å²) in [6.07, 6.45) is 3.91. The molecule has 1 amide bonds. The first-order valence-electron chi connectivity index (χ1n) is 8.76. The van der Waals surface area contributed by atoms with E-state index in [0.717, 1.165) is 12.2 Å². The molecule has 8 heteroatoms. The number of rotatable bonds is 7. The Kier molecular flexibility index (Phi) is 5.95. The number of carbonyl (C=O) groups excluding carboxylic acids is 1. The monoisotopic (exact) mass is 372 g/mol. The molecule has 1 aliphatic heterocycles. The van der Waals surface area contributed by atoms with Crippen molar-refractivity contribution in [1.29, 1.82) is 0 Å². The van der Waals surface area contributed by atoms with Crippen molar-refractivity contribution in [2.45, 2.75) is 12.5 Å². The second kappa shape index (κ2) is 8.57. The highest BCUT2D eigenvalue weighted by molar-refractivity contribution is 5.78. The number of benzene rings is 1. The third kappa shape index (κ3) is 4.99. The van der Waals surface area contributed by atoms with Gasteiger partial charge in [0.1, 0.15) is 17.6 Å². The van der Waals surface area contributed by atoms with E-state index in [-0.39, 0.29) is 18.6 Å². The van der Waals surface area contributed by atoms with E-state index in [4.69, 9.17) is 14.2 Å². The van der Waals surface area contributed by atoms with Gasteiger partial charge in [-0.25, -0.2) is 0 Å². The molecule has 8 nitrogen and oxygen atoms in total. The lowest BCUT2D eigenvalue weighted by Gasteiger charge is -2.18. The van der Waals surface area contributed by atoms with Gasteiger partial charge in [-0.15, -0.1) is 0 Å². The van der Waals surface area contributed by atoms with Gasteiger partial charge >= 0.3 is 0 Å². The van der Waals surface area contributed by atoms with Crippen molar-refractivity contribution in [2.75, 3.05) is 45.8 Å². The molecule has 2 heterocycles. The average Bonchev–Trinajstić information content (AvgIpc) is 3.15. The summed E-state index contributed by atoms with van der Waals surface area (Å²) in [4.78, 5) is 24.5. The molecule has 1 saturated heterocycles. The van der Waals surface area contributed by atoms with Crippen molar-refractivity contribution in [1.82, 2.24) is 14.9 Å². The Labute approximate surface area is 158 Å². The predicted octanol–water partition coefficient (Wildman–Crippen LogP) is 1.61. The van der Waals surface area contributed by atoms with Crippen LogP contribution in [0.2, 0.25) is 0 Å². The van der Waals surface area contributed by atoms with E-state index in [1.807, 2.05) is 31.1 Å². The van der Waals surface area contributed by atoms with Crippen LogP contribution in [0.15, 0.2) is 36.7 Å². The second-order valence-electron chi connectivity index (χ2n) is 6.45. The third-order valence-corrected chi connectivity index (χ3v) is 4.25. The number of hydrogen-bond donors (Lipinski definition) is 0. The zero-order chi connectivity index (χ0) is 19.2. The standard InChI is InChI=1S/C19H24N4O4/c1-22(2)17-10-20-11-18(21-17)27-16-7-8-23(12-16)19(24)13-26-15-6-4-5-14(9-15)25-3/h4-6,9-11,16H,7-8,12-13H2,1-3H3. The molecule has 1 fully saturated rings. The van der Waals surface area contributed by atoms with E-state index < -0.39 is 0 Å². The number of ether oxygens (including phenoxy) is 3. The molecule has 0 N–H and O–H groups in total. The first-order chi connectivity index (χ1) is 13.0. The molecule has 1 unspecified atom stereocenters.